The number of carbonyl (C=O) groups is 3. The van der Waals surface area contributed by atoms with Gasteiger partial charge in [0.25, 0.3) is 0 Å². The number of nitrogens with one attached hydrogen (secondary N) is 2. The average Bonchev–Trinajstić information content (AvgIpc) is 3.30. The topological polar surface area (TPSA) is 160 Å². The van der Waals surface area contributed by atoms with Crippen LogP contribution < -0.4 is 14.8 Å². The van der Waals surface area contributed by atoms with E-state index in [9.17, 15) is 14.4 Å². The molecule has 11 nitrogen and oxygen atoms in total. The van der Waals surface area contributed by atoms with Gasteiger partial charge in [0.15, 0.2) is 11.5 Å². The van der Waals surface area contributed by atoms with Gasteiger partial charge in [0.2, 0.25) is 0 Å². The molecule has 2 aromatic rings. The van der Waals surface area contributed by atoms with Crippen molar-refractivity contribution in [2.45, 2.75) is 32.6 Å². The molecule has 0 bridgehead atoms. The van der Waals surface area contributed by atoms with Crippen molar-refractivity contribution < 1.29 is 38.8 Å². The van der Waals surface area contributed by atoms with Crippen LogP contribution in [0.3, 0.4) is 0 Å². The van der Waals surface area contributed by atoms with Crippen LogP contribution in [0, 0.1) is 0 Å². The summed E-state index contributed by atoms with van der Waals surface area (Å²) >= 11 is 0. The number of carboxylic acids is 2. The number of carbonyl (C=O) groups excluding carboxylic acids is 1. The molecular formula is C24H27N3O8. The zero-order chi connectivity index (χ0) is 25.4. The van der Waals surface area contributed by atoms with E-state index in [-0.39, 0.29) is 11.9 Å². The molecule has 0 amide bonds. The molecule has 0 saturated carbocycles. The van der Waals surface area contributed by atoms with Crippen LogP contribution in [-0.4, -0.2) is 58.1 Å². The molecule has 11 heteroatoms. The minimum absolute atomic E-state index is 0.281. The van der Waals surface area contributed by atoms with Crippen molar-refractivity contribution in [1.29, 1.82) is 0 Å². The van der Waals surface area contributed by atoms with E-state index >= 15 is 0 Å². The van der Waals surface area contributed by atoms with E-state index in [2.05, 4.69) is 22.4 Å². The highest BCUT2D eigenvalue weighted by molar-refractivity contribution is 5.94. The minimum atomic E-state index is -1.26. The Balaban J connectivity index is 0.000000371. The predicted octanol–water partition coefficient (Wildman–Crippen LogP) is 3.07. The summed E-state index contributed by atoms with van der Waals surface area (Å²) in [6.45, 7) is 5.28. The standard InChI is InChI=1S/C20H23N3O4.C4H4O4/c1-3-5-14-18(20(24)25-4-2)17(13-11-21-23-19(13)22-14)12-6-7-15-16(10-12)27-9-8-26-15;5-3(6)1-2-4(7)8/h6-7,10-11,17H,3-5,8-9H2,1-2H3,(H2,21,22,23);1-2H,(H,5,6)(H,7,8)/b;2-1-. The third kappa shape index (κ3) is 6.19. The number of carboxylic acid groups (broad SMARTS) is 2. The number of hydrogen-bond acceptors (Lipinski definition) is 8. The molecule has 0 saturated heterocycles. The lowest BCUT2D eigenvalue weighted by Gasteiger charge is -2.29. The van der Waals surface area contributed by atoms with Gasteiger partial charge in [-0.3, -0.25) is 5.10 Å². The van der Waals surface area contributed by atoms with Crippen molar-refractivity contribution in [3.8, 4) is 11.5 Å². The van der Waals surface area contributed by atoms with Crippen LogP contribution in [0.4, 0.5) is 5.82 Å². The van der Waals surface area contributed by atoms with Crippen LogP contribution >= 0.6 is 0 Å². The number of allylic oxidation sites excluding steroid dienone is 1. The summed E-state index contributed by atoms with van der Waals surface area (Å²) in [7, 11) is 0. The van der Waals surface area contributed by atoms with Gasteiger partial charge in [-0.2, -0.15) is 5.10 Å². The fourth-order valence-electron chi connectivity index (χ4n) is 3.79. The highest BCUT2D eigenvalue weighted by Crippen LogP contribution is 2.44. The maximum atomic E-state index is 12.9. The highest BCUT2D eigenvalue weighted by atomic mass is 16.6. The van der Waals surface area contributed by atoms with Crippen molar-refractivity contribution in [1.82, 2.24) is 10.2 Å². The van der Waals surface area contributed by atoms with Gasteiger partial charge in [0.1, 0.15) is 19.0 Å². The molecule has 0 aliphatic carbocycles. The quantitative estimate of drug-likeness (QED) is 0.339. The molecule has 2 aliphatic heterocycles. The average molecular weight is 485 g/mol. The number of anilines is 1. The zero-order valence-corrected chi connectivity index (χ0v) is 19.4. The molecule has 1 aromatic carbocycles. The number of H-pyrrole nitrogens is 1. The Morgan fingerprint density at radius 1 is 1.11 bits per heavy atom. The van der Waals surface area contributed by atoms with E-state index in [1.165, 1.54) is 0 Å². The number of aromatic amines is 1. The van der Waals surface area contributed by atoms with Crippen LogP contribution in [0.25, 0.3) is 0 Å². The number of nitrogens with zero attached hydrogens (tertiary/aromatic N) is 1. The lowest BCUT2D eigenvalue weighted by molar-refractivity contribution is -0.139. The number of aliphatic carboxylic acids is 2. The van der Waals surface area contributed by atoms with E-state index in [1.54, 1.807) is 6.20 Å². The van der Waals surface area contributed by atoms with E-state index in [4.69, 9.17) is 24.4 Å². The molecule has 0 spiro atoms. The molecule has 186 valence electrons. The Morgan fingerprint density at radius 2 is 1.80 bits per heavy atom. The third-order valence-electron chi connectivity index (χ3n) is 5.13. The highest BCUT2D eigenvalue weighted by Gasteiger charge is 2.36. The molecule has 1 atom stereocenters. The summed E-state index contributed by atoms with van der Waals surface area (Å²) in [6, 6.07) is 5.82. The Hall–Kier alpha value is -4.28. The molecular weight excluding hydrogens is 458 g/mol. The number of hydrogen-bond donors (Lipinski definition) is 4. The maximum Gasteiger partial charge on any atom is 0.336 e. The first-order valence-electron chi connectivity index (χ1n) is 11.1. The lowest BCUT2D eigenvalue weighted by atomic mass is 9.82. The van der Waals surface area contributed by atoms with Gasteiger partial charge < -0.3 is 29.7 Å². The van der Waals surface area contributed by atoms with Crippen LogP contribution in [-0.2, 0) is 19.1 Å². The molecule has 35 heavy (non-hydrogen) atoms. The van der Waals surface area contributed by atoms with Crippen LogP contribution in [0.2, 0.25) is 0 Å². The summed E-state index contributed by atoms with van der Waals surface area (Å²) in [4.78, 5) is 32.0. The minimum Gasteiger partial charge on any atom is -0.486 e. The molecule has 3 heterocycles. The zero-order valence-electron chi connectivity index (χ0n) is 19.4. The SMILES string of the molecule is CCCC1=C(C(=O)OCC)C(c2ccc3c(c2)OCCO3)c2cn[nH]c2N1.O=C(O)/C=C\C(=O)O. The second-order valence-corrected chi connectivity index (χ2v) is 7.53. The predicted molar refractivity (Wildman–Crippen MR) is 124 cm³/mol. The molecule has 4 rings (SSSR count). The monoisotopic (exact) mass is 485 g/mol. The summed E-state index contributed by atoms with van der Waals surface area (Å²) in [5, 5.41) is 26.1. The molecule has 1 aromatic heterocycles. The number of esters is 1. The van der Waals surface area contributed by atoms with Crippen LogP contribution in [0.1, 0.15) is 43.7 Å². The van der Waals surface area contributed by atoms with Gasteiger partial charge in [0, 0.05) is 29.3 Å². The van der Waals surface area contributed by atoms with Crippen molar-refractivity contribution in [2.75, 3.05) is 25.1 Å². The van der Waals surface area contributed by atoms with E-state index in [1.807, 2.05) is 25.1 Å². The number of benzene rings is 1. The van der Waals surface area contributed by atoms with Crippen LogP contribution in [0.5, 0.6) is 11.5 Å². The first-order valence-corrected chi connectivity index (χ1v) is 11.1. The van der Waals surface area contributed by atoms with Crippen molar-refractivity contribution >= 4 is 23.7 Å². The number of ether oxygens (including phenoxy) is 3. The van der Waals surface area contributed by atoms with Gasteiger partial charge in [-0.25, -0.2) is 14.4 Å². The fourth-order valence-corrected chi connectivity index (χ4v) is 3.79. The Labute approximate surface area is 201 Å². The summed E-state index contributed by atoms with van der Waals surface area (Å²) in [5.74, 6) is -0.868. The molecule has 0 radical (unpaired) electrons. The fraction of sp³-hybridized carbons (Fsp3) is 0.333. The van der Waals surface area contributed by atoms with Gasteiger partial charge in [-0.05, 0) is 31.0 Å². The smallest absolute Gasteiger partial charge is 0.336 e. The van der Waals surface area contributed by atoms with Gasteiger partial charge in [-0.15, -0.1) is 0 Å². The second-order valence-electron chi connectivity index (χ2n) is 7.53. The molecule has 2 aliphatic rings. The number of aromatic nitrogens is 2. The molecule has 0 fully saturated rings. The van der Waals surface area contributed by atoms with Gasteiger partial charge in [-0.1, -0.05) is 19.4 Å². The third-order valence-corrected chi connectivity index (χ3v) is 5.13. The lowest BCUT2D eigenvalue weighted by Crippen LogP contribution is -2.25. The maximum absolute atomic E-state index is 12.9. The summed E-state index contributed by atoms with van der Waals surface area (Å²) in [6.07, 6.45) is 4.52. The largest absolute Gasteiger partial charge is 0.486 e. The van der Waals surface area contributed by atoms with Crippen molar-refractivity contribution in [3.63, 3.8) is 0 Å². The Morgan fingerprint density at radius 3 is 2.43 bits per heavy atom. The van der Waals surface area contributed by atoms with Crippen LogP contribution in [0.15, 0.2) is 47.8 Å². The van der Waals surface area contributed by atoms with Crippen molar-refractivity contribution in [2.24, 2.45) is 0 Å². The van der Waals surface area contributed by atoms with Crippen molar-refractivity contribution in [3.05, 3.63) is 58.9 Å². The van der Waals surface area contributed by atoms with Gasteiger partial charge in [0.05, 0.1) is 18.4 Å². The normalized spacial score (nSPS) is 16.0. The summed E-state index contributed by atoms with van der Waals surface area (Å²) < 4.78 is 16.8. The van der Waals surface area contributed by atoms with E-state index in [0.717, 1.165) is 41.2 Å². The number of fused-ring (bicyclic) bond motifs is 2. The second kappa shape index (κ2) is 11.7. The Bertz CT molecular complexity index is 1140. The first-order chi connectivity index (χ1) is 16.8. The Kier molecular flexibility index (Phi) is 8.49. The van der Waals surface area contributed by atoms with E-state index in [0.29, 0.717) is 43.3 Å². The number of rotatable bonds is 7. The first kappa shape index (κ1) is 25.3. The van der Waals surface area contributed by atoms with Gasteiger partial charge >= 0.3 is 17.9 Å². The summed E-state index contributed by atoms with van der Waals surface area (Å²) in [5.41, 5.74) is 3.35. The molecule has 1 unspecified atom stereocenters. The van der Waals surface area contributed by atoms with E-state index < -0.39 is 11.9 Å². The molecule has 4 N–H and O–H groups in total.